The lowest BCUT2D eigenvalue weighted by Gasteiger charge is -2.34. The van der Waals surface area contributed by atoms with E-state index in [1.165, 1.54) is 11.1 Å². The Kier molecular flexibility index (Phi) is 9.12. The summed E-state index contributed by atoms with van der Waals surface area (Å²) in [6, 6.07) is 45.9. The van der Waals surface area contributed by atoms with Crippen LogP contribution in [0.15, 0.2) is 169 Å². The maximum atomic E-state index is 5.23. The van der Waals surface area contributed by atoms with E-state index in [-0.39, 0.29) is 6.04 Å². The van der Waals surface area contributed by atoms with Gasteiger partial charge in [-0.25, -0.2) is 4.98 Å². The van der Waals surface area contributed by atoms with Crippen molar-refractivity contribution in [2.45, 2.75) is 25.9 Å². The molecule has 6 aromatic rings. The first-order valence-corrected chi connectivity index (χ1v) is 17.4. The molecule has 8 rings (SSSR count). The summed E-state index contributed by atoms with van der Waals surface area (Å²) in [7, 11) is 0. The van der Waals surface area contributed by atoms with Crippen LogP contribution in [0.25, 0.3) is 28.3 Å². The fraction of sp³-hybridized carbons (Fsp3) is 0.111. The Bertz CT molecular complexity index is 2200. The molecule has 0 radical (unpaired) electrons. The van der Waals surface area contributed by atoms with E-state index in [4.69, 9.17) is 19.9 Å². The Labute approximate surface area is 299 Å². The Morgan fingerprint density at radius 1 is 0.608 bits per heavy atom. The average molecular weight is 663 g/mol. The van der Waals surface area contributed by atoms with Gasteiger partial charge < -0.3 is 9.80 Å². The van der Waals surface area contributed by atoms with Crippen molar-refractivity contribution in [3.05, 3.63) is 181 Å². The Morgan fingerprint density at radius 2 is 1.25 bits per heavy atom. The van der Waals surface area contributed by atoms with Crippen molar-refractivity contribution in [2.24, 2.45) is 4.99 Å². The molecular formula is C45H38N6. The summed E-state index contributed by atoms with van der Waals surface area (Å²) in [5.74, 6) is 1.86. The lowest BCUT2D eigenvalue weighted by Crippen LogP contribution is -2.32. The van der Waals surface area contributed by atoms with Crippen LogP contribution in [0.2, 0.25) is 0 Å². The molecule has 51 heavy (non-hydrogen) atoms. The molecule has 0 aliphatic carbocycles. The Hall–Kier alpha value is -6.40. The standard InChI is InChI=1S/C45H38N6/c1-33-38(39-27-17-29-42-40(39)32-46-30-15-16-31-50(42)37-24-9-4-10-25-37)26-13-11-18-34-19-12-14-28-41(34)51(33)45-48-43(35-20-5-2-6-21-35)47-44(49-45)36-22-7-3-8-23-36/h2-17,19-30,33H,18,31-32H2,1H3/b13-11-,16-15-,38-26+,46-30?. The van der Waals surface area contributed by atoms with Crippen LogP contribution in [0.4, 0.5) is 23.0 Å². The second-order valence-electron chi connectivity index (χ2n) is 12.6. The molecule has 6 heteroatoms. The summed E-state index contributed by atoms with van der Waals surface area (Å²) >= 11 is 0. The summed E-state index contributed by atoms with van der Waals surface area (Å²) in [5, 5.41) is 0. The highest BCUT2D eigenvalue weighted by atomic mass is 15.3. The number of benzene rings is 5. The van der Waals surface area contributed by atoms with E-state index in [9.17, 15) is 0 Å². The van der Waals surface area contributed by atoms with Crippen LogP contribution in [0.5, 0.6) is 0 Å². The number of aliphatic imine (C=N–C) groups is 1. The van der Waals surface area contributed by atoms with Crippen LogP contribution in [-0.2, 0) is 13.0 Å². The zero-order valence-corrected chi connectivity index (χ0v) is 28.5. The van der Waals surface area contributed by atoms with Gasteiger partial charge in [0.25, 0.3) is 0 Å². The first kappa shape index (κ1) is 31.8. The summed E-state index contributed by atoms with van der Waals surface area (Å²) in [6.07, 6.45) is 13.6. The lowest BCUT2D eigenvalue weighted by molar-refractivity contribution is 0.829. The number of fused-ring (bicyclic) bond motifs is 2. The highest BCUT2D eigenvalue weighted by Crippen LogP contribution is 2.40. The van der Waals surface area contributed by atoms with Gasteiger partial charge in [0.05, 0.1) is 12.6 Å². The summed E-state index contributed by atoms with van der Waals surface area (Å²) in [6.45, 7) is 3.53. The fourth-order valence-corrected chi connectivity index (χ4v) is 6.92. The molecule has 248 valence electrons. The number of nitrogens with zero attached hydrogens (tertiary/aromatic N) is 6. The van der Waals surface area contributed by atoms with E-state index >= 15 is 0 Å². The van der Waals surface area contributed by atoms with Gasteiger partial charge in [-0.15, -0.1) is 0 Å². The van der Waals surface area contributed by atoms with Crippen LogP contribution in [-0.4, -0.2) is 33.8 Å². The molecule has 0 saturated carbocycles. The normalized spacial score (nSPS) is 18.0. The van der Waals surface area contributed by atoms with Crippen molar-refractivity contribution < 1.29 is 0 Å². The van der Waals surface area contributed by atoms with Crippen molar-refractivity contribution in [2.75, 3.05) is 16.3 Å². The zero-order valence-electron chi connectivity index (χ0n) is 28.5. The van der Waals surface area contributed by atoms with Gasteiger partial charge in [-0.1, -0.05) is 133 Å². The Morgan fingerprint density at radius 3 is 1.98 bits per heavy atom. The van der Waals surface area contributed by atoms with Crippen LogP contribution in [0, 0.1) is 0 Å². The molecular weight excluding hydrogens is 625 g/mol. The second-order valence-corrected chi connectivity index (χ2v) is 12.6. The number of hydrogen-bond donors (Lipinski definition) is 0. The number of hydrogen-bond acceptors (Lipinski definition) is 6. The molecule has 0 bridgehead atoms. The lowest BCUT2D eigenvalue weighted by atomic mass is 9.91. The van der Waals surface area contributed by atoms with Gasteiger partial charge in [0.15, 0.2) is 11.6 Å². The van der Waals surface area contributed by atoms with Gasteiger partial charge in [0, 0.05) is 46.5 Å². The molecule has 2 aliphatic rings. The molecule has 1 atom stereocenters. The van der Waals surface area contributed by atoms with Gasteiger partial charge in [-0.2, -0.15) is 9.97 Å². The molecule has 5 aromatic carbocycles. The second kappa shape index (κ2) is 14.6. The van der Waals surface area contributed by atoms with Crippen molar-refractivity contribution >= 4 is 34.8 Å². The minimum atomic E-state index is -0.171. The van der Waals surface area contributed by atoms with E-state index < -0.39 is 0 Å². The topological polar surface area (TPSA) is 57.5 Å². The molecule has 0 saturated heterocycles. The van der Waals surface area contributed by atoms with Gasteiger partial charge in [-0.3, -0.25) is 4.99 Å². The SMILES string of the molecule is CC1/C(c2cccc3c2CN=C/C=C\CN3c2ccccc2)=C\C=C/Cc2ccccc2N1c1nc(-c2ccccc2)nc(-c2ccccc2)n1. The molecule has 0 fully saturated rings. The predicted molar refractivity (Wildman–Crippen MR) is 211 cm³/mol. The van der Waals surface area contributed by atoms with Gasteiger partial charge in [0.1, 0.15) is 0 Å². The number of anilines is 4. The first-order valence-electron chi connectivity index (χ1n) is 17.4. The minimum Gasteiger partial charge on any atom is -0.337 e. The number of allylic oxidation sites excluding steroid dienone is 4. The predicted octanol–water partition coefficient (Wildman–Crippen LogP) is 10.2. The molecule has 1 unspecified atom stereocenters. The van der Waals surface area contributed by atoms with Crippen LogP contribution >= 0.6 is 0 Å². The number of aromatic nitrogens is 3. The van der Waals surface area contributed by atoms with E-state index in [1.54, 1.807) is 0 Å². The summed E-state index contributed by atoms with van der Waals surface area (Å²) < 4.78 is 0. The molecule has 0 amide bonds. The molecule has 3 heterocycles. The van der Waals surface area contributed by atoms with Gasteiger partial charge in [0.2, 0.25) is 5.95 Å². The summed E-state index contributed by atoms with van der Waals surface area (Å²) in [5.41, 5.74) is 9.90. The van der Waals surface area contributed by atoms with Crippen molar-refractivity contribution in [1.29, 1.82) is 0 Å². The minimum absolute atomic E-state index is 0.171. The maximum absolute atomic E-state index is 5.23. The summed E-state index contributed by atoms with van der Waals surface area (Å²) in [4.78, 5) is 25.0. The van der Waals surface area contributed by atoms with Crippen LogP contribution in [0.1, 0.15) is 23.6 Å². The highest BCUT2D eigenvalue weighted by Gasteiger charge is 2.29. The van der Waals surface area contributed by atoms with Gasteiger partial charge >= 0.3 is 0 Å². The zero-order chi connectivity index (χ0) is 34.4. The molecule has 1 aromatic heterocycles. The Balaban J connectivity index is 1.33. The van der Waals surface area contributed by atoms with E-state index in [0.29, 0.717) is 24.1 Å². The molecule has 2 aliphatic heterocycles. The molecule has 0 N–H and O–H groups in total. The monoisotopic (exact) mass is 662 g/mol. The quantitative estimate of drug-likeness (QED) is 0.184. The first-order chi connectivity index (χ1) is 25.2. The highest BCUT2D eigenvalue weighted by molar-refractivity contribution is 5.84. The largest absolute Gasteiger partial charge is 0.337 e. The third kappa shape index (κ3) is 6.64. The molecule has 0 spiro atoms. The number of rotatable bonds is 5. The van der Waals surface area contributed by atoms with Crippen LogP contribution < -0.4 is 9.80 Å². The third-order valence-electron chi connectivity index (χ3n) is 9.43. The van der Waals surface area contributed by atoms with E-state index in [2.05, 4.69) is 138 Å². The van der Waals surface area contributed by atoms with Crippen molar-refractivity contribution in [3.63, 3.8) is 0 Å². The van der Waals surface area contributed by atoms with E-state index in [0.717, 1.165) is 52.3 Å². The third-order valence-corrected chi connectivity index (χ3v) is 9.43. The maximum Gasteiger partial charge on any atom is 0.234 e. The van der Waals surface area contributed by atoms with Crippen molar-refractivity contribution in [3.8, 4) is 22.8 Å². The molecule has 6 nitrogen and oxygen atoms in total. The fourth-order valence-electron chi connectivity index (χ4n) is 6.92. The average Bonchev–Trinajstić information content (AvgIpc) is 3.34. The van der Waals surface area contributed by atoms with Crippen molar-refractivity contribution in [1.82, 2.24) is 15.0 Å². The smallest absolute Gasteiger partial charge is 0.234 e. The van der Waals surface area contributed by atoms with Gasteiger partial charge in [-0.05, 0) is 60.4 Å². The van der Waals surface area contributed by atoms with E-state index in [1.807, 2.05) is 48.7 Å². The number of para-hydroxylation sites is 2. The van der Waals surface area contributed by atoms with Crippen LogP contribution in [0.3, 0.4) is 0 Å².